The fourth-order valence-corrected chi connectivity index (χ4v) is 2.78. The number of carbonyl (C=O) groups is 1. The van der Waals surface area contributed by atoms with E-state index in [4.69, 9.17) is 0 Å². The van der Waals surface area contributed by atoms with Gasteiger partial charge in [-0.3, -0.25) is 4.90 Å². The summed E-state index contributed by atoms with van der Waals surface area (Å²) < 4.78 is 43.4. The van der Waals surface area contributed by atoms with Crippen LogP contribution >= 0.6 is 0 Å². The van der Waals surface area contributed by atoms with E-state index in [2.05, 4.69) is 22.3 Å². The molecule has 0 radical (unpaired) electrons. The predicted octanol–water partition coefficient (Wildman–Crippen LogP) is 3.74. The molecule has 3 rings (SSSR count). The average Bonchev–Trinajstić information content (AvgIpc) is 3.08. The number of hydrogen-bond donors (Lipinski definition) is 0. The van der Waals surface area contributed by atoms with Crippen molar-refractivity contribution in [2.24, 2.45) is 5.41 Å². The third-order valence-corrected chi connectivity index (χ3v) is 4.28. The highest BCUT2D eigenvalue weighted by atomic mass is 19.1. The third-order valence-electron chi connectivity index (χ3n) is 4.28. The lowest BCUT2D eigenvalue weighted by Crippen LogP contribution is -2.41. The zero-order valence-electron chi connectivity index (χ0n) is 17.9. The van der Waals surface area contributed by atoms with Gasteiger partial charge in [-0.2, -0.15) is 4.68 Å². The number of hydrogen-bond acceptors (Lipinski definition) is 4. The normalized spacial score (nSPS) is 11.1. The first-order chi connectivity index (χ1) is 15.0. The van der Waals surface area contributed by atoms with Crippen molar-refractivity contribution in [3.8, 4) is 17.5 Å². The molecule has 0 unspecified atom stereocenters. The third kappa shape index (κ3) is 4.56. The fraction of sp³-hybridized carbons (Fsp3) is 0.273. The number of carbonyl (C=O) groups excluding carboxylic acids is 1. The summed E-state index contributed by atoms with van der Waals surface area (Å²) in [4.78, 5) is 26.4. The second-order valence-corrected chi connectivity index (χ2v) is 7.85. The van der Waals surface area contributed by atoms with Gasteiger partial charge in [-0.25, -0.2) is 22.8 Å². The Morgan fingerprint density at radius 1 is 1.06 bits per heavy atom. The lowest BCUT2D eigenvalue weighted by atomic mass is 9.97. The zero-order chi connectivity index (χ0) is 23.6. The number of rotatable bonds is 3. The summed E-state index contributed by atoms with van der Waals surface area (Å²) in [5.74, 6) is 3.00. The molecule has 0 aliphatic heterocycles. The highest BCUT2D eigenvalue weighted by Crippen LogP contribution is 2.22. The molecule has 1 amide bonds. The first-order valence-electron chi connectivity index (χ1n) is 9.67. The Kier molecular flexibility index (Phi) is 6.20. The molecule has 166 valence electrons. The second kappa shape index (κ2) is 8.70. The summed E-state index contributed by atoms with van der Waals surface area (Å²) in [5.41, 5.74) is -1.94. The minimum Gasteiger partial charge on any atom is -0.290 e. The van der Waals surface area contributed by atoms with Crippen LogP contribution in [0, 0.1) is 34.7 Å². The first-order valence-corrected chi connectivity index (χ1v) is 9.67. The van der Waals surface area contributed by atoms with E-state index in [1.807, 2.05) is 20.8 Å². The maximum atomic E-state index is 14.8. The summed E-state index contributed by atoms with van der Waals surface area (Å²) in [6, 6.07) is 6.03. The van der Waals surface area contributed by atoms with Crippen LogP contribution in [-0.4, -0.2) is 32.4 Å². The van der Waals surface area contributed by atoms with Crippen molar-refractivity contribution in [1.82, 2.24) is 19.8 Å². The van der Waals surface area contributed by atoms with Crippen LogP contribution in [-0.2, 0) is 0 Å². The average molecular weight is 443 g/mol. The molecule has 1 heterocycles. The maximum absolute atomic E-state index is 14.8. The quantitative estimate of drug-likeness (QED) is 0.457. The SMILES string of the molecule is CCN(C(=O)n1nnn(-c2c(F)cccc2F)c1=O)c1ccc(C#CC(C)(C)C)cc1F. The van der Waals surface area contributed by atoms with Crippen LogP contribution in [0.25, 0.3) is 5.69 Å². The maximum Gasteiger partial charge on any atom is 0.377 e. The van der Waals surface area contributed by atoms with Gasteiger partial charge in [0.15, 0.2) is 11.6 Å². The molecule has 1 aromatic heterocycles. The van der Waals surface area contributed by atoms with Crippen molar-refractivity contribution in [2.75, 3.05) is 11.4 Å². The van der Waals surface area contributed by atoms with Crippen molar-refractivity contribution >= 4 is 11.7 Å². The standard InChI is InChI=1S/C22H20F3N5O2/c1-5-28(18-10-9-14(13-17(18)25)11-12-22(2,3)4)20(31)30-21(32)29(26-27-30)19-15(23)7-6-8-16(19)24/h6-10,13H,5H2,1-4H3. The van der Waals surface area contributed by atoms with Crippen molar-refractivity contribution in [2.45, 2.75) is 27.7 Å². The molecule has 0 atom stereocenters. The van der Waals surface area contributed by atoms with Crippen LogP contribution in [0.15, 0.2) is 41.2 Å². The van der Waals surface area contributed by atoms with Gasteiger partial charge in [0.25, 0.3) is 0 Å². The van der Waals surface area contributed by atoms with E-state index < -0.39 is 34.9 Å². The van der Waals surface area contributed by atoms with Crippen molar-refractivity contribution < 1.29 is 18.0 Å². The van der Waals surface area contributed by atoms with Gasteiger partial charge in [0, 0.05) is 17.5 Å². The van der Waals surface area contributed by atoms with Crippen molar-refractivity contribution in [1.29, 1.82) is 0 Å². The number of amides is 1. The summed E-state index contributed by atoms with van der Waals surface area (Å²) in [6.07, 6.45) is 0. The largest absolute Gasteiger partial charge is 0.377 e. The van der Waals surface area contributed by atoms with Gasteiger partial charge in [-0.15, -0.1) is 4.68 Å². The molecule has 0 N–H and O–H groups in total. The number of para-hydroxylation sites is 1. The highest BCUT2D eigenvalue weighted by Gasteiger charge is 2.25. The van der Waals surface area contributed by atoms with E-state index in [0.717, 1.165) is 23.1 Å². The summed E-state index contributed by atoms with van der Waals surface area (Å²) >= 11 is 0. The molecule has 2 aromatic carbocycles. The van der Waals surface area contributed by atoms with Gasteiger partial charge in [0.2, 0.25) is 0 Å². The molecule has 0 saturated carbocycles. The number of halogens is 3. The van der Waals surface area contributed by atoms with Crippen LogP contribution < -0.4 is 10.6 Å². The Balaban J connectivity index is 1.98. The smallest absolute Gasteiger partial charge is 0.290 e. The molecular weight excluding hydrogens is 423 g/mol. The van der Waals surface area contributed by atoms with Gasteiger partial charge in [-0.05, 0) is 68.5 Å². The monoisotopic (exact) mass is 443 g/mol. The zero-order valence-corrected chi connectivity index (χ0v) is 17.9. The van der Waals surface area contributed by atoms with Crippen molar-refractivity contribution in [3.63, 3.8) is 0 Å². The van der Waals surface area contributed by atoms with Gasteiger partial charge in [-0.1, -0.05) is 17.9 Å². The number of benzene rings is 2. The number of nitrogens with zero attached hydrogens (tertiary/aromatic N) is 5. The van der Waals surface area contributed by atoms with Crippen LogP contribution in [0.1, 0.15) is 33.3 Å². The van der Waals surface area contributed by atoms with E-state index in [-0.39, 0.29) is 17.6 Å². The molecule has 32 heavy (non-hydrogen) atoms. The van der Waals surface area contributed by atoms with E-state index >= 15 is 0 Å². The molecule has 0 aliphatic rings. The van der Waals surface area contributed by atoms with Crippen LogP contribution in [0.4, 0.5) is 23.7 Å². The molecule has 7 nitrogen and oxygen atoms in total. The minimum absolute atomic E-state index is 0.0177. The Labute approximate surface area is 182 Å². The number of tetrazole rings is 1. The summed E-state index contributed by atoms with van der Waals surface area (Å²) in [5, 5.41) is 6.82. The Morgan fingerprint density at radius 3 is 2.28 bits per heavy atom. The highest BCUT2D eigenvalue weighted by molar-refractivity contribution is 5.93. The van der Waals surface area contributed by atoms with Crippen LogP contribution in [0.5, 0.6) is 0 Å². The Bertz CT molecular complexity index is 1280. The number of aromatic nitrogens is 4. The molecule has 0 saturated heterocycles. The van der Waals surface area contributed by atoms with Crippen molar-refractivity contribution in [3.05, 3.63) is 69.9 Å². The fourth-order valence-electron chi connectivity index (χ4n) is 2.78. The molecule has 3 aromatic rings. The Morgan fingerprint density at radius 2 is 1.72 bits per heavy atom. The number of anilines is 1. The van der Waals surface area contributed by atoms with Crippen LogP contribution in [0.3, 0.4) is 0 Å². The van der Waals surface area contributed by atoms with E-state index in [1.165, 1.54) is 12.1 Å². The van der Waals surface area contributed by atoms with Gasteiger partial charge >= 0.3 is 11.7 Å². The van der Waals surface area contributed by atoms with Gasteiger partial charge in [0.1, 0.15) is 11.5 Å². The summed E-state index contributed by atoms with van der Waals surface area (Å²) in [6.45, 7) is 7.30. The molecule has 10 heteroatoms. The van der Waals surface area contributed by atoms with Crippen LogP contribution in [0.2, 0.25) is 0 Å². The second-order valence-electron chi connectivity index (χ2n) is 7.85. The molecule has 0 bridgehead atoms. The lowest BCUT2D eigenvalue weighted by molar-refractivity contribution is 0.244. The van der Waals surface area contributed by atoms with E-state index in [1.54, 1.807) is 13.0 Å². The van der Waals surface area contributed by atoms with Gasteiger partial charge in [0.05, 0.1) is 5.69 Å². The summed E-state index contributed by atoms with van der Waals surface area (Å²) in [7, 11) is 0. The van der Waals surface area contributed by atoms with E-state index in [9.17, 15) is 22.8 Å². The molecule has 0 fully saturated rings. The topological polar surface area (TPSA) is 73.0 Å². The van der Waals surface area contributed by atoms with E-state index in [0.29, 0.717) is 14.9 Å². The van der Waals surface area contributed by atoms with Gasteiger partial charge < -0.3 is 0 Å². The molecule has 0 aliphatic carbocycles. The molecular formula is C22H20F3N5O2. The predicted molar refractivity (Wildman–Crippen MR) is 112 cm³/mol. The lowest BCUT2D eigenvalue weighted by Gasteiger charge is -2.20. The first kappa shape index (κ1) is 22.8. The minimum atomic E-state index is -1.20. The Hall–Kier alpha value is -3.87. The molecule has 0 spiro atoms.